The molecule has 0 aliphatic carbocycles. The minimum Gasteiger partial charge on any atom is -0.392 e. The number of hydrogen-bond acceptors (Lipinski definition) is 6. The van der Waals surface area contributed by atoms with Gasteiger partial charge in [-0.2, -0.15) is 0 Å². The van der Waals surface area contributed by atoms with Crippen LogP contribution in [0.25, 0.3) is 22.2 Å². The van der Waals surface area contributed by atoms with Gasteiger partial charge in [-0.05, 0) is 58.9 Å². The van der Waals surface area contributed by atoms with Gasteiger partial charge in [-0.15, -0.1) is 0 Å². The molecule has 2 fully saturated rings. The van der Waals surface area contributed by atoms with Gasteiger partial charge in [0.15, 0.2) is 6.29 Å². The molecule has 0 spiro atoms. The molecule has 3 N–H and O–H groups in total. The van der Waals surface area contributed by atoms with E-state index in [-0.39, 0.29) is 43.0 Å². The Kier molecular flexibility index (Phi) is 11.1. The number of aliphatic hydroxyl groups excluding tert-OH is 1. The predicted molar refractivity (Wildman–Crippen MR) is 204 cm³/mol. The molecule has 0 bridgehead atoms. The fraction of sp³-hybridized carbons (Fsp3) is 0.350. The molecule has 3 heterocycles. The highest BCUT2D eigenvalue weighted by Gasteiger charge is 2.40. The maximum absolute atomic E-state index is 12.9. The number of benzene rings is 4. The molecule has 2 aliphatic heterocycles. The minimum atomic E-state index is -2.02. The lowest BCUT2D eigenvalue weighted by molar-refractivity contribution is -0.276. The number of aromatic amines is 1. The molecule has 12 heteroatoms. The summed E-state index contributed by atoms with van der Waals surface area (Å²) in [6, 6.07) is 31.9. The van der Waals surface area contributed by atoms with Crippen LogP contribution in [-0.4, -0.2) is 55.0 Å². The highest BCUT2D eigenvalue weighted by atomic mass is 35.6. The molecule has 52 heavy (non-hydrogen) atoms. The van der Waals surface area contributed by atoms with Gasteiger partial charge in [0.25, 0.3) is 9.70 Å². The van der Waals surface area contributed by atoms with E-state index in [2.05, 4.69) is 22.1 Å². The van der Waals surface area contributed by atoms with E-state index in [1.165, 1.54) is 0 Å². The minimum absolute atomic E-state index is 0.0187. The molecule has 5 aromatic rings. The number of amides is 1. The third-order valence-corrected chi connectivity index (χ3v) is 10.8. The molecule has 1 amide bonds. The average molecular weight is 764 g/mol. The Bertz CT molecular complexity index is 2050. The van der Waals surface area contributed by atoms with Crippen LogP contribution in [0.3, 0.4) is 0 Å². The van der Waals surface area contributed by atoms with Crippen LogP contribution in [0.5, 0.6) is 0 Å². The van der Waals surface area contributed by atoms with Crippen LogP contribution in [0.1, 0.15) is 60.5 Å². The summed E-state index contributed by atoms with van der Waals surface area (Å²) in [5.74, 6) is -0.629. The molecule has 0 unspecified atom stereocenters. The number of rotatable bonds is 9. The van der Waals surface area contributed by atoms with Crippen molar-refractivity contribution in [3.63, 3.8) is 0 Å². The van der Waals surface area contributed by atoms with Crippen molar-refractivity contribution in [2.75, 3.05) is 19.6 Å². The molecule has 4 atom stereocenters. The Labute approximate surface area is 317 Å². The number of aliphatic hydroxyl groups is 1. The lowest BCUT2D eigenvalue weighted by Crippen LogP contribution is -2.47. The monoisotopic (exact) mass is 762 g/mol. The summed E-state index contributed by atoms with van der Waals surface area (Å²) in [5, 5.41) is 12.3. The summed E-state index contributed by atoms with van der Waals surface area (Å²) in [4.78, 5) is 30.4. The second kappa shape index (κ2) is 15.7. The third kappa shape index (κ3) is 8.11. The number of carbonyl (C=O) groups excluding carboxylic acids is 1. The Morgan fingerprint density at radius 2 is 1.60 bits per heavy atom. The van der Waals surface area contributed by atoms with E-state index in [4.69, 9.17) is 44.3 Å². The molecule has 2 saturated heterocycles. The number of nitrogens with one attached hydrogen (secondary N) is 2. The van der Waals surface area contributed by atoms with Gasteiger partial charge in [-0.3, -0.25) is 9.36 Å². The van der Waals surface area contributed by atoms with E-state index < -0.39 is 16.0 Å². The number of ether oxygens (including phenoxy) is 2. The van der Waals surface area contributed by atoms with Crippen LogP contribution in [0.2, 0.25) is 0 Å². The number of carbonyl (C=O) groups is 1. The second-order valence-electron chi connectivity index (χ2n) is 13.7. The van der Waals surface area contributed by atoms with E-state index >= 15 is 0 Å². The number of imidazole rings is 1. The summed E-state index contributed by atoms with van der Waals surface area (Å²) in [7, 11) is 0. The van der Waals surface area contributed by atoms with Crippen LogP contribution in [-0.2, 0) is 27.4 Å². The first kappa shape index (κ1) is 36.7. The number of aromatic nitrogens is 2. The summed E-state index contributed by atoms with van der Waals surface area (Å²) in [5.41, 5.74) is 7.40. The van der Waals surface area contributed by atoms with Gasteiger partial charge in [0, 0.05) is 43.7 Å². The number of halogens is 3. The lowest BCUT2D eigenvalue weighted by atomic mass is 9.89. The summed E-state index contributed by atoms with van der Waals surface area (Å²) >= 11 is 17.1. The van der Waals surface area contributed by atoms with Crippen molar-refractivity contribution in [1.82, 2.24) is 19.8 Å². The van der Waals surface area contributed by atoms with Crippen molar-refractivity contribution in [1.29, 1.82) is 0 Å². The number of piperidine rings is 1. The van der Waals surface area contributed by atoms with Crippen LogP contribution in [0.15, 0.2) is 102 Å². The quantitative estimate of drug-likeness (QED) is 0.134. The van der Waals surface area contributed by atoms with Crippen LogP contribution in [0.4, 0.5) is 0 Å². The van der Waals surface area contributed by atoms with Crippen LogP contribution < -0.4 is 11.0 Å². The largest absolute Gasteiger partial charge is 0.392 e. The van der Waals surface area contributed by atoms with E-state index in [1.54, 1.807) is 0 Å². The summed E-state index contributed by atoms with van der Waals surface area (Å²) < 4.78 is 13.4. The summed E-state index contributed by atoms with van der Waals surface area (Å²) in [6.07, 6.45) is 0.808. The molecule has 1 aromatic heterocycles. The predicted octanol–water partition coefficient (Wildman–Crippen LogP) is 7.60. The zero-order valence-electron chi connectivity index (χ0n) is 28.7. The summed E-state index contributed by atoms with van der Waals surface area (Å²) in [6.45, 7) is 4.83. The average Bonchev–Trinajstić information content (AvgIpc) is 3.50. The molecule has 0 radical (unpaired) electrons. The van der Waals surface area contributed by atoms with Gasteiger partial charge < -0.3 is 29.8 Å². The second-order valence-corrected chi connectivity index (χ2v) is 16.0. The lowest BCUT2D eigenvalue weighted by Gasteiger charge is -2.44. The third-order valence-electron chi connectivity index (χ3n) is 10.3. The first-order valence-corrected chi connectivity index (χ1v) is 18.7. The van der Waals surface area contributed by atoms with Gasteiger partial charge in [-0.1, -0.05) is 121 Å². The highest BCUT2D eigenvalue weighted by Crippen LogP contribution is 2.42. The van der Waals surface area contributed by atoms with Crippen molar-refractivity contribution >= 4 is 51.7 Å². The Hall–Kier alpha value is -3.67. The maximum Gasteiger partial charge on any atom is 0.326 e. The SMILES string of the molecule is C[C@@H]1[C@H](CN2CCC(n3c(=O)[nH]c4ccccc43)CC2)O[C@H](c2ccc(-c3cccc(CNC(=O)C(Cl)(Cl)Cl)c3)cc2)O[C@@H]1c1ccc(CO)cc1. The van der Waals surface area contributed by atoms with Gasteiger partial charge in [-0.25, -0.2) is 4.79 Å². The Morgan fingerprint density at radius 3 is 2.31 bits per heavy atom. The topological polar surface area (TPSA) is 109 Å². The van der Waals surface area contributed by atoms with Crippen LogP contribution in [0, 0.1) is 5.92 Å². The zero-order chi connectivity index (χ0) is 36.4. The Balaban J connectivity index is 1.07. The molecular formula is C40H41Cl3N4O5. The Morgan fingerprint density at radius 1 is 0.885 bits per heavy atom. The van der Waals surface area contributed by atoms with Crippen molar-refractivity contribution in [2.45, 2.75) is 61.2 Å². The van der Waals surface area contributed by atoms with Crippen molar-refractivity contribution < 1.29 is 19.4 Å². The van der Waals surface area contributed by atoms with Gasteiger partial charge in [0.1, 0.15) is 0 Å². The molecule has 272 valence electrons. The first-order chi connectivity index (χ1) is 25.1. The fourth-order valence-electron chi connectivity index (χ4n) is 7.36. The van der Waals surface area contributed by atoms with Gasteiger partial charge >= 0.3 is 5.69 Å². The van der Waals surface area contributed by atoms with Crippen LogP contribution >= 0.6 is 34.8 Å². The standard InChI is InChI=1S/C40H41Cl3N4O5/c1-25-35(23-46-19-17-32(18-20-46)47-34-8-3-2-7-33(34)45-39(47)50)51-37(52-36(25)29-11-9-26(24-48)10-12-29)30-15-13-28(14-16-30)31-6-4-5-27(21-31)22-44-38(49)40(41,42)43/h2-16,21,25,32,35-37,48H,17-20,22-24H2,1H3,(H,44,49)(H,45,50)/t25-,35+,36+,37+/m1/s1. The highest BCUT2D eigenvalue weighted by molar-refractivity contribution is 6.76. The number of likely N-dealkylation sites (tertiary alicyclic amines) is 1. The normalized spacial score (nSPS) is 21.7. The van der Waals surface area contributed by atoms with E-state index in [9.17, 15) is 14.7 Å². The molecule has 9 nitrogen and oxygen atoms in total. The van der Waals surface area contributed by atoms with Gasteiger partial charge in [0.2, 0.25) is 0 Å². The zero-order valence-corrected chi connectivity index (χ0v) is 31.0. The van der Waals surface area contributed by atoms with Crippen molar-refractivity contribution in [3.05, 3.63) is 130 Å². The number of fused-ring (bicyclic) bond motifs is 1. The fourth-order valence-corrected chi connectivity index (χ4v) is 7.56. The number of nitrogens with zero attached hydrogens (tertiary/aromatic N) is 2. The molecule has 2 aliphatic rings. The van der Waals surface area contributed by atoms with E-state index in [0.29, 0.717) is 0 Å². The smallest absolute Gasteiger partial charge is 0.326 e. The molecule has 0 saturated carbocycles. The van der Waals surface area contributed by atoms with Crippen molar-refractivity contribution in [2.24, 2.45) is 5.92 Å². The molecule has 7 rings (SSSR count). The number of hydrogen-bond donors (Lipinski definition) is 3. The van der Waals surface area contributed by atoms with E-state index in [1.807, 2.05) is 102 Å². The number of para-hydroxylation sites is 2. The number of alkyl halides is 3. The van der Waals surface area contributed by atoms with Gasteiger partial charge in [0.05, 0.1) is 29.8 Å². The first-order valence-electron chi connectivity index (χ1n) is 17.5. The number of H-pyrrole nitrogens is 1. The van der Waals surface area contributed by atoms with E-state index in [0.717, 1.165) is 76.9 Å². The molecular weight excluding hydrogens is 723 g/mol. The maximum atomic E-state index is 12.9. The van der Waals surface area contributed by atoms with Crippen molar-refractivity contribution in [3.8, 4) is 11.1 Å². The molecule has 4 aromatic carbocycles.